The number of carbonyl (C=O) groups excluding carboxylic acids is 1. The summed E-state index contributed by atoms with van der Waals surface area (Å²) in [5, 5.41) is 8.86. The van der Waals surface area contributed by atoms with Gasteiger partial charge in [-0.3, -0.25) is 9.52 Å². The summed E-state index contributed by atoms with van der Waals surface area (Å²) < 4.78 is 30.3. The van der Waals surface area contributed by atoms with Crippen LogP contribution in [0.1, 0.15) is 15.9 Å². The second-order valence-electron chi connectivity index (χ2n) is 6.38. The van der Waals surface area contributed by atoms with E-state index in [4.69, 9.17) is 10.00 Å². The summed E-state index contributed by atoms with van der Waals surface area (Å²) in [5.74, 6) is 0.346. The number of nitriles is 1. The van der Waals surface area contributed by atoms with Gasteiger partial charge in [-0.2, -0.15) is 5.26 Å². The number of benzene rings is 3. The molecule has 1 N–H and O–H groups in total. The third-order valence-electron chi connectivity index (χ3n) is 4.08. The molecule has 0 bridgehead atoms. The van der Waals surface area contributed by atoms with Gasteiger partial charge in [0.2, 0.25) is 10.0 Å². The van der Waals surface area contributed by atoms with E-state index in [9.17, 15) is 13.2 Å². The average molecular weight is 406 g/mol. The molecule has 146 valence electrons. The first-order chi connectivity index (χ1) is 13.8. The normalized spacial score (nSPS) is 10.8. The smallest absolute Gasteiger partial charge is 0.229 e. The molecule has 0 aromatic heterocycles. The molecule has 0 heterocycles. The van der Waals surface area contributed by atoms with E-state index in [2.05, 4.69) is 10.8 Å². The predicted octanol–water partition coefficient (Wildman–Crippen LogP) is 3.86. The van der Waals surface area contributed by atoms with Crippen LogP contribution < -0.4 is 9.46 Å². The minimum atomic E-state index is -3.36. The van der Waals surface area contributed by atoms with Gasteiger partial charge in [0, 0.05) is 11.3 Å². The highest BCUT2D eigenvalue weighted by Crippen LogP contribution is 2.23. The number of sulfonamides is 1. The van der Waals surface area contributed by atoms with Crippen LogP contribution in [0.4, 0.5) is 5.69 Å². The molecule has 0 unspecified atom stereocenters. The molecule has 3 aromatic rings. The second-order valence-corrected chi connectivity index (χ2v) is 8.13. The van der Waals surface area contributed by atoms with Crippen LogP contribution in [0.15, 0.2) is 72.8 Å². The van der Waals surface area contributed by atoms with Crippen molar-refractivity contribution in [1.29, 1.82) is 5.26 Å². The van der Waals surface area contributed by atoms with E-state index in [1.807, 2.05) is 24.3 Å². The molecule has 3 rings (SSSR count). The lowest BCUT2D eigenvalue weighted by molar-refractivity contribution is 0.0921. The van der Waals surface area contributed by atoms with Gasteiger partial charge < -0.3 is 4.74 Å². The molecule has 0 saturated heterocycles. The van der Waals surface area contributed by atoms with Crippen LogP contribution in [0, 0.1) is 11.3 Å². The fourth-order valence-corrected chi connectivity index (χ4v) is 3.22. The first-order valence-corrected chi connectivity index (χ1v) is 10.6. The first-order valence-electron chi connectivity index (χ1n) is 8.68. The van der Waals surface area contributed by atoms with Crippen molar-refractivity contribution >= 4 is 21.5 Å². The van der Waals surface area contributed by atoms with Crippen molar-refractivity contribution < 1.29 is 17.9 Å². The van der Waals surface area contributed by atoms with Gasteiger partial charge in [-0.1, -0.05) is 24.3 Å². The molecule has 0 spiro atoms. The van der Waals surface area contributed by atoms with Gasteiger partial charge in [0.25, 0.3) is 0 Å². The third-order valence-corrected chi connectivity index (χ3v) is 4.69. The summed E-state index contributed by atoms with van der Waals surface area (Å²) in [7, 11) is -3.36. The van der Waals surface area contributed by atoms with Gasteiger partial charge in [-0.05, 0) is 59.7 Å². The van der Waals surface area contributed by atoms with Crippen molar-refractivity contribution in [2.45, 2.75) is 0 Å². The standard InChI is InChI=1S/C22H18N2O4S/c1-29(26,27)24-20-10-6-19(7-11-20)22(25)15-28-21-12-8-18(9-13-21)17-4-2-16(14-23)3-5-17/h2-13,24H,15H2,1H3. The van der Waals surface area contributed by atoms with Gasteiger partial charge in [0.05, 0.1) is 17.9 Å². The Labute approximate surface area is 169 Å². The van der Waals surface area contributed by atoms with Crippen LogP contribution in [0.2, 0.25) is 0 Å². The van der Waals surface area contributed by atoms with Crippen molar-refractivity contribution in [2.24, 2.45) is 0 Å². The Morgan fingerprint density at radius 3 is 2.00 bits per heavy atom. The molecular formula is C22H18N2O4S. The van der Waals surface area contributed by atoms with Crippen molar-refractivity contribution in [2.75, 3.05) is 17.6 Å². The number of ketones is 1. The van der Waals surface area contributed by atoms with E-state index in [0.29, 0.717) is 22.6 Å². The summed E-state index contributed by atoms with van der Waals surface area (Å²) >= 11 is 0. The van der Waals surface area contributed by atoms with Crippen molar-refractivity contribution in [3.63, 3.8) is 0 Å². The number of ether oxygens (including phenoxy) is 1. The van der Waals surface area contributed by atoms with Gasteiger partial charge >= 0.3 is 0 Å². The molecule has 0 fully saturated rings. The molecule has 0 aliphatic rings. The van der Waals surface area contributed by atoms with E-state index in [-0.39, 0.29) is 12.4 Å². The number of anilines is 1. The van der Waals surface area contributed by atoms with Crippen molar-refractivity contribution in [3.8, 4) is 22.9 Å². The molecule has 0 atom stereocenters. The lowest BCUT2D eigenvalue weighted by Gasteiger charge is -2.08. The van der Waals surface area contributed by atoms with Gasteiger partial charge in [-0.15, -0.1) is 0 Å². The van der Waals surface area contributed by atoms with Crippen molar-refractivity contribution in [3.05, 3.63) is 83.9 Å². The lowest BCUT2D eigenvalue weighted by atomic mass is 10.0. The largest absolute Gasteiger partial charge is 0.485 e. The Morgan fingerprint density at radius 1 is 0.931 bits per heavy atom. The van der Waals surface area contributed by atoms with Crippen LogP contribution in [0.25, 0.3) is 11.1 Å². The Balaban J connectivity index is 1.59. The number of rotatable bonds is 7. The highest BCUT2D eigenvalue weighted by atomic mass is 32.2. The summed E-state index contributed by atoms with van der Waals surface area (Å²) in [6.45, 7) is -0.130. The topological polar surface area (TPSA) is 96.3 Å². The highest BCUT2D eigenvalue weighted by molar-refractivity contribution is 7.92. The number of carbonyl (C=O) groups is 1. The van der Waals surface area contributed by atoms with Crippen LogP contribution in [-0.4, -0.2) is 27.1 Å². The van der Waals surface area contributed by atoms with E-state index in [1.54, 1.807) is 36.4 Å². The molecule has 29 heavy (non-hydrogen) atoms. The first kappa shape index (κ1) is 20.1. The summed E-state index contributed by atoms with van der Waals surface area (Å²) in [6.07, 6.45) is 1.06. The van der Waals surface area contributed by atoms with Crippen LogP contribution in [0.5, 0.6) is 5.75 Å². The fourth-order valence-electron chi connectivity index (χ4n) is 2.65. The summed E-state index contributed by atoms with van der Waals surface area (Å²) in [6, 6.07) is 22.8. The molecular weight excluding hydrogens is 388 g/mol. The Hall–Kier alpha value is -3.63. The minimum absolute atomic E-state index is 0.130. The van der Waals surface area contributed by atoms with E-state index < -0.39 is 10.0 Å². The molecule has 0 aliphatic heterocycles. The maximum Gasteiger partial charge on any atom is 0.229 e. The highest BCUT2D eigenvalue weighted by Gasteiger charge is 2.09. The molecule has 0 saturated carbocycles. The van der Waals surface area contributed by atoms with Gasteiger partial charge in [0.15, 0.2) is 12.4 Å². The van der Waals surface area contributed by atoms with E-state index in [1.165, 1.54) is 12.1 Å². The van der Waals surface area contributed by atoms with Crippen LogP contribution in [-0.2, 0) is 10.0 Å². The Bertz CT molecular complexity index is 1150. The Kier molecular flexibility index (Phi) is 5.96. The quantitative estimate of drug-likeness (QED) is 0.601. The lowest BCUT2D eigenvalue weighted by Crippen LogP contribution is -2.12. The molecule has 3 aromatic carbocycles. The number of hydrogen-bond acceptors (Lipinski definition) is 5. The molecule has 0 radical (unpaired) electrons. The fraction of sp³-hybridized carbons (Fsp3) is 0.0909. The maximum absolute atomic E-state index is 12.3. The average Bonchev–Trinajstić information content (AvgIpc) is 2.72. The zero-order valence-corrected chi connectivity index (χ0v) is 16.4. The van der Waals surface area contributed by atoms with Gasteiger partial charge in [0.1, 0.15) is 5.75 Å². The monoisotopic (exact) mass is 406 g/mol. The Morgan fingerprint density at radius 2 is 1.48 bits per heavy atom. The van der Waals surface area contributed by atoms with E-state index >= 15 is 0 Å². The number of hydrogen-bond donors (Lipinski definition) is 1. The summed E-state index contributed by atoms with van der Waals surface area (Å²) in [4.78, 5) is 12.3. The van der Waals surface area contributed by atoms with Crippen LogP contribution in [0.3, 0.4) is 0 Å². The van der Waals surface area contributed by atoms with E-state index in [0.717, 1.165) is 17.4 Å². The minimum Gasteiger partial charge on any atom is -0.485 e. The zero-order valence-electron chi connectivity index (χ0n) is 15.6. The molecule has 7 heteroatoms. The predicted molar refractivity (Wildman–Crippen MR) is 111 cm³/mol. The molecule has 0 aliphatic carbocycles. The number of nitrogens with one attached hydrogen (secondary N) is 1. The maximum atomic E-state index is 12.3. The zero-order chi connectivity index (χ0) is 20.9. The number of Topliss-reactive ketones (excluding diaryl/α,β-unsaturated/α-hetero) is 1. The van der Waals surface area contributed by atoms with Crippen molar-refractivity contribution in [1.82, 2.24) is 0 Å². The number of nitrogens with zero attached hydrogens (tertiary/aromatic N) is 1. The van der Waals surface area contributed by atoms with Gasteiger partial charge in [-0.25, -0.2) is 8.42 Å². The van der Waals surface area contributed by atoms with Crippen LogP contribution >= 0.6 is 0 Å². The molecule has 6 nitrogen and oxygen atoms in total. The third kappa shape index (κ3) is 5.67. The SMILES string of the molecule is CS(=O)(=O)Nc1ccc(C(=O)COc2ccc(-c3ccc(C#N)cc3)cc2)cc1. The second kappa shape index (κ2) is 8.59. The molecule has 0 amide bonds. The summed E-state index contributed by atoms with van der Waals surface area (Å²) in [5.41, 5.74) is 3.38.